The van der Waals surface area contributed by atoms with Crippen LogP contribution in [0.15, 0.2) is 0 Å². The van der Waals surface area contributed by atoms with Crippen molar-refractivity contribution < 1.29 is 4.74 Å². The molecule has 0 bridgehead atoms. The van der Waals surface area contributed by atoms with Crippen molar-refractivity contribution in [3.63, 3.8) is 0 Å². The van der Waals surface area contributed by atoms with Crippen LogP contribution in [0.5, 0.6) is 0 Å². The molecule has 0 aromatic carbocycles. The lowest BCUT2D eigenvalue weighted by molar-refractivity contribution is 0.0856. The van der Waals surface area contributed by atoms with Gasteiger partial charge in [-0.2, -0.15) is 0 Å². The summed E-state index contributed by atoms with van der Waals surface area (Å²) in [6.45, 7) is 8.06. The Bertz CT molecular complexity index is 258. The van der Waals surface area contributed by atoms with Crippen LogP contribution in [0.2, 0.25) is 0 Å². The number of ether oxygens (including phenoxy) is 1. The van der Waals surface area contributed by atoms with Crippen molar-refractivity contribution >= 4 is 0 Å². The molecule has 2 saturated heterocycles. The Morgan fingerprint density at radius 3 is 2.63 bits per heavy atom. The van der Waals surface area contributed by atoms with E-state index in [-0.39, 0.29) is 5.54 Å². The van der Waals surface area contributed by atoms with Crippen molar-refractivity contribution in [1.29, 1.82) is 0 Å². The summed E-state index contributed by atoms with van der Waals surface area (Å²) in [6, 6.07) is 0.368. The van der Waals surface area contributed by atoms with Gasteiger partial charge in [-0.3, -0.25) is 16.2 Å². The van der Waals surface area contributed by atoms with E-state index in [0.717, 1.165) is 13.0 Å². The highest BCUT2D eigenvalue weighted by Gasteiger charge is 2.35. The molecule has 4 nitrogen and oxygen atoms in total. The number of hydrazine groups is 1. The quantitative estimate of drug-likeness (QED) is 0.548. The first-order valence-corrected chi connectivity index (χ1v) is 7.97. The van der Waals surface area contributed by atoms with Crippen LogP contribution in [0, 0.1) is 0 Å². The molecule has 4 heteroatoms. The summed E-state index contributed by atoms with van der Waals surface area (Å²) < 4.78 is 5.69. The van der Waals surface area contributed by atoms with E-state index in [1.54, 1.807) is 0 Å². The molecule has 0 spiro atoms. The number of likely N-dealkylation sites (tertiary alicyclic amines) is 1. The van der Waals surface area contributed by atoms with Crippen molar-refractivity contribution in [2.24, 2.45) is 5.84 Å². The maximum Gasteiger partial charge on any atom is 0.0576 e. The van der Waals surface area contributed by atoms with E-state index >= 15 is 0 Å². The van der Waals surface area contributed by atoms with E-state index in [0.29, 0.717) is 12.1 Å². The van der Waals surface area contributed by atoms with Gasteiger partial charge in [-0.05, 0) is 71.9 Å². The topological polar surface area (TPSA) is 50.5 Å². The standard InChI is InChI=1S/C15H31N3O/c1-15(2,18-10-3-4-11-18)14(17-16)9-5-7-13-8-6-12-19-13/h13-14,17H,3-12,16H2,1-2H3. The zero-order valence-corrected chi connectivity index (χ0v) is 12.7. The number of hydrogen-bond donors (Lipinski definition) is 2. The maximum atomic E-state index is 5.81. The molecule has 2 aliphatic heterocycles. The highest BCUT2D eigenvalue weighted by Crippen LogP contribution is 2.27. The third-order valence-electron chi connectivity index (χ3n) is 5.02. The number of nitrogens with two attached hydrogens (primary N) is 1. The largest absolute Gasteiger partial charge is 0.378 e. The SMILES string of the molecule is CC(C)(C(CCCC1CCCO1)NN)N1CCCC1. The van der Waals surface area contributed by atoms with Gasteiger partial charge in [-0.15, -0.1) is 0 Å². The molecule has 0 amide bonds. The van der Waals surface area contributed by atoms with Gasteiger partial charge in [0, 0.05) is 18.2 Å². The summed E-state index contributed by atoms with van der Waals surface area (Å²) in [7, 11) is 0. The lowest BCUT2D eigenvalue weighted by Gasteiger charge is -2.42. The van der Waals surface area contributed by atoms with Crippen molar-refractivity contribution in [2.75, 3.05) is 19.7 Å². The Morgan fingerprint density at radius 2 is 2.05 bits per heavy atom. The normalized spacial score (nSPS) is 27.0. The summed E-state index contributed by atoms with van der Waals surface area (Å²) in [5.41, 5.74) is 3.22. The van der Waals surface area contributed by atoms with E-state index in [2.05, 4.69) is 24.2 Å². The highest BCUT2D eigenvalue weighted by molar-refractivity contribution is 4.94. The van der Waals surface area contributed by atoms with Gasteiger partial charge in [0.05, 0.1) is 6.10 Å². The van der Waals surface area contributed by atoms with E-state index in [1.165, 1.54) is 51.6 Å². The second kappa shape index (κ2) is 7.02. The molecule has 0 aliphatic carbocycles. The minimum absolute atomic E-state index is 0.155. The summed E-state index contributed by atoms with van der Waals surface area (Å²) >= 11 is 0. The summed E-state index contributed by atoms with van der Waals surface area (Å²) in [5, 5.41) is 0. The van der Waals surface area contributed by atoms with Gasteiger partial charge >= 0.3 is 0 Å². The van der Waals surface area contributed by atoms with E-state index in [4.69, 9.17) is 10.6 Å². The zero-order valence-electron chi connectivity index (χ0n) is 12.7. The van der Waals surface area contributed by atoms with Crippen LogP contribution < -0.4 is 11.3 Å². The molecule has 0 aromatic heterocycles. The van der Waals surface area contributed by atoms with Gasteiger partial charge in [0.15, 0.2) is 0 Å². The first-order valence-electron chi connectivity index (χ1n) is 7.97. The molecular formula is C15H31N3O. The summed E-state index contributed by atoms with van der Waals surface area (Å²) in [6.07, 6.45) is 9.19. The van der Waals surface area contributed by atoms with Gasteiger partial charge in [0.1, 0.15) is 0 Å². The fourth-order valence-corrected chi connectivity index (χ4v) is 3.58. The van der Waals surface area contributed by atoms with Crippen LogP contribution in [0.4, 0.5) is 0 Å². The van der Waals surface area contributed by atoms with Crippen LogP contribution in [-0.4, -0.2) is 42.3 Å². The van der Waals surface area contributed by atoms with Crippen LogP contribution in [0.1, 0.15) is 58.8 Å². The Kier molecular flexibility index (Phi) is 5.63. The number of nitrogens with one attached hydrogen (secondary N) is 1. The van der Waals surface area contributed by atoms with Gasteiger partial charge in [-0.1, -0.05) is 0 Å². The minimum atomic E-state index is 0.155. The van der Waals surface area contributed by atoms with Crippen LogP contribution >= 0.6 is 0 Å². The predicted molar refractivity (Wildman–Crippen MR) is 78.8 cm³/mol. The average molecular weight is 269 g/mol. The first kappa shape index (κ1) is 15.2. The van der Waals surface area contributed by atoms with Crippen LogP contribution in [0.3, 0.4) is 0 Å². The Hall–Kier alpha value is -0.160. The zero-order chi connectivity index (χ0) is 13.7. The van der Waals surface area contributed by atoms with Crippen molar-refractivity contribution in [2.45, 2.75) is 76.5 Å². The maximum absolute atomic E-state index is 5.81. The smallest absolute Gasteiger partial charge is 0.0576 e. The lowest BCUT2D eigenvalue weighted by atomic mass is 9.88. The van der Waals surface area contributed by atoms with E-state index < -0.39 is 0 Å². The van der Waals surface area contributed by atoms with Gasteiger partial charge in [0.25, 0.3) is 0 Å². The Balaban J connectivity index is 1.77. The van der Waals surface area contributed by atoms with Gasteiger partial charge < -0.3 is 4.74 Å². The first-order chi connectivity index (χ1) is 9.14. The van der Waals surface area contributed by atoms with E-state index in [1.807, 2.05) is 0 Å². The fourth-order valence-electron chi connectivity index (χ4n) is 3.58. The van der Waals surface area contributed by atoms with E-state index in [9.17, 15) is 0 Å². The second-order valence-corrected chi connectivity index (χ2v) is 6.63. The molecule has 2 fully saturated rings. The average Bonchev–Trinajstić information content (AvgIpc) is 3.06. The number of hydrogen-bond acceptors (Lipinski definition) is 4. The molecule has 0 radical (unpaired) electrons. The molecule has 3 N–H and O–H groups in total. The molecule has 2 heterocycles. The van der Waals surface area contributed by atoms with Crippen molar-refractivity contribution in [3.8, 4) is 0 Å². The predicted octanol–water partition coefficient (Wildman–Crippen LogP) is 2.04. The molecule has 2 unspecified atom stereocenters. The lowest BCUT2D eigenvalue weighted by Crippen LogP contribution is -2.58. The van der Waals surface area contributed by atoms with Crippen LogP contribution in [0.25, 0.3) is 0 Å². The van der Waals surface area contributed by atoms with Crippen molar-refractivity contribution in [1.82, 2.24) is 10.3 Å². The third-order valence-corrected chi connectivity index (χ3v) is 5.02. The van der Waals surface area contributed by atoms with Gasteiger partial charge in [-0.25, -0.2) is 0 Å². The molecule has 2 aliphatic rings. The molecule has 0 aromatic rings. The Morgan fingerprint density at radius 1 is 1.32 bits per heavy atom. The third kappa shape index (κ3) is 3.91. The number of rotatable bonds is 7. The monoisotopic (exact) mass is 269 g/mol. The Labute approximate surface area is 118 Å². The van der Waals surface area contributed by atoms with Gasteiger partial charge in [0.2, 0.25) is 0 Å². The molecule has 2 rings (SSSR count). The molecule has 112 valence electrons. The summed E-state index contributed by atoms with van der Waals surface area (Å²) in [4.78, 5) is 2.59. The summed E-state index contributed by atoms with van der Waals surface area (Å²) in [5.74, 6) is 5.81. The fraction of sp³-hybridized carbons (Fsp3) is 1.00. The van der Waals surface area contributed by atoms with Crippen molar-refractivity contribution in [3.05, 3.63) is 0 Å². The minimum Gasteiger partial charge on any atom is -0.378 e. The molecule has 19 heavy (non-hydrogen) atoms. The molecule has 2 atom stereocenters. The molecular weight excluding hydrogens is 238 g/mol. The van der Waals surface area contributed by atoms with Crippen LogP contribution in [-0.2, 0) is 4.74 Å². The molecule has 0 saturated carbocycles. The number of nitrogens with zero attached hydrogens (tertiary/aromatic N) is 1. The highest BCUT2D eigenvalue weighted by atomic mass is 16.5. The second-order valence-electron chi connectivity index (χ2n) is 6.63.